The van der Waals surface area contributed by atoms with Crippen molar-refractivity contribution in [1.82, 2.24) is 5.43 Å². The molecule has 29 heavy (non-hydrogen) atoms. The van der Waals surface area contributed by atoms with Gasteiger partial charge in [-0.1, -0.05) is 35.9 Å². The van der Waals surface area contributed by atoms with Crippen LogP contribution in [-0.2, 0) is 6.61 Å². The normalized spacial score (nSPS) is 10.9. The summed E-state index contributed by atoms with van der Waals surface area (Å²) in [5.74, 6) is 0.895. The molecule has 1 aromatic heterocycles. The number of nitrogens with one attached hydrogen (secondary N) is 1. The minimum Gasteiger partial charge on any atom is -0.490 e. The number of halogens is 2. The van der Waals surface area contributed by atoms with E-state index in [1.54, 1.807) is 18.3 Å². The Morgan fingerprint density at radius 1 is 1.24 bits per heavy atom. The molecule has 150 valence electrons. The van der Waals surface area contributed by atoms with Crippen molar-refractivity contribution < 1.29 is 14.3 Å². The smallest absolute Gasteiger partial charge is 0.281 e. The standard InChI is InChI=1S/C21H18BrClN2O3S/c1-2-27-18-11-14(12-24-25-21(26)19-8-5-9-29-19)10-16(22)20(18)28-13-15-6-3-4-7-17(15)23/h3-12H,2,13H2,1H3,(H,25,26)/b24-12-. The Morgan fingerprint density at radius 2 is 2.07 bits per heavy atom. The second kappa shape index (κ2) is 10.4. The van der Waals surface area contributed by atoms with Crippen molar-refractivity contribution in [3.8, 4) is 11.5 Å². The summed E-state index contributed by atoms with van der Waals surface area (Å²) in [6.07, 6.45) is 1.55. The maximum Gasteiger partial charge on any atom is 0.281 e. The van der Waals surface area contributed by atoms with Gasteiger partial charge in [0.25, 0.3) is 5.91 Å². The molecule has 2 aromatic carbocycles. The molecule has 0 aliphatic carbocycles. The molecule has 0 radical (unpaired) electrons. The minimum atomic E-state index is -0.250. The number of carbonyl (C=O) groups excluding carboxylic acids is 1. The number of hydrazone groups is 1. The van der Waals surface area contributed by atoms with E-state index in [4.69, 9.17) is 21.1 Å². The molecule has 5 nitrogen and oxygen atoms in total. The molecular formula is C21H18BrClN2O3S. The molecule has 0 spiro atoms. The molecule has 0 atom stereocenters. The van der Waals surface area contributed by atoms with E-state index in [2.05, 4.69) is 26.5 Å². The van der Waals surface area contributed by atoms with Crippen LogP contribution in [0.1, 0.15) is 27.7 Å². The number of ether oxygens (including phenoxy) is 2. The Balaban J connectivity index is 1.74. The van der Waals surface area contributed by atoms with Crippen LogP contribution in [0.5, 0.6) is 11.5 Å². The lowest BCUT2D eigenvalue weighted by atomic mass is 10.2. The van der Waals surface area contributed by atoms with E-state index < -0.39 is 0 Å². The second-order valence-electron chi connectivity index (χ2n) is 5.82. The van der Waals surface area contributed by atoms with Crippen molar-refractivity contribution in [3.05, 3.63) is 79.4 Å². The van der Waals surface area contributed by atoms with Gasteiger partial charge in [-0.2, -0.15) is 5.10 Å². The highest BCUT2D eigenvalue weighted by Crippen LogP contribution is 2.37. The summed E-state index contributed by atoms with van der Waals surface area (Å²) in [5.41, 5.74) is 4.14. The third-order valence-corrected chi connectivity index (χ3v) is 5.61. The summed E-state index contributed by atoms with van der Waals surface area (Å²) in [6, 6.07) is 14.7. The molecule has 0 saturated heterocycles. The van der Waals surface area contributed by atoms with Gasteiger partial charge in [-0.05, 0) is 58.1 Å². The predicted octanol–water partition coefficient (Wildman–Crippen LogP) is 5.91. The predicted molar refractivity (Wildman–Crippen MR) is 120 cm³/mol. The number of hydrogen-bond acceptors (Lipinski definition) is 5. The molecule has 0 fully saturated rings. The van der Waals surface area contributed by atoms with Gasteiger partial charge in [0.2, 0.25) is 0 Å². The van der Waals surface area contributed by atoms with Crippen LogP contribution >= 0.6 is 38.9 Å². The van der Waals surface area contributed by atoms with Gasteiger partial charge in [-0.15, -0.1) is 11.3 Å². The first-order valence-corrected chi connectivity index (χ1v) is 10.8. The first-order chi connectivity index (χ1) is 14.1. The topological polar surface area (TPSA) is 59.9 Å². The number of carbonyl (C=O) groups is 1. The summed E-state index contributed by atoms with van der Waals surface area (Å²) in [5, 5.41) is 6.51. The SMILES string of the molecule is CCOc1cc(/C=N\NC(=O)c2cccs2)cc(Br)c1OCc1ccccc1Cl. The summed E-state index contributed by atoms with van der Waals surface area (Å²) in [7, 11) is 0. The average Bonchev–Trinajstić information content (AvgIpc) is 3.24. The Bertz CT molecular complexity index is 1010. The molecular weight excluding hydrogens is 476 g/mol. The first-order valence-electron chi connectivity index (χ1n) is 8.78. The van der Waals surface area contributed by atoms with Crippen LogP contribution in [0.4, 0.5) is 0 Å². The lowest BCUT2D eigenvalue weighted by Gasteiger charge is -2.15. The maximum atomic E-state index is 12.0. The van der Waals surface area contributed by atoms with E-state index in [9.17, 15) is 4.79 Å². The molecule has 8 heteroatoms. The van der Waals surface area contributed by atoms with Gasteiger partial charge in [0.1, 0.15) is 6.61 Å². The fourth-order valence-electron chi connectivity index (χ4n) is 2.46. The molecule has 0 unspecified atom stereocenters. The molecule has 0 saturated carbocycles. The van der Waals surface area contributed by atoms with Crippen LogP contribution in [0.15, 0.2) is 63.5 Å². The highest BCUT2D eigenvalue weighted by Gasteiger charge is 2.13. The number of thiophene rings is 1. The van der Waals surface area contributed by atoms with E-state index in [-0.39, 0.29) is 5.91 Å². The molecule has 0 aliphatic rings. The molecule has 1 amide bonds. The zero-order valence-corrected chi connectivity index (χ0v) is 18.7. The van der Waals surface area contributed by atoms with Gasteiger partial charge in [-0.25, -0.2) is 5.43 Å². The Labute approximate surface area is 186 Å². The van der Waals surface area contributed by atoms with Crippen LogP contribution in [-0.4, -0.2) is 18.7 Å². The number of hydrogen-bond donors (Lipinski definition) is 1. The van der Waals surface area contributed by atoms with Gasteiger partial charge in [0.05, 0.1) is 22.2 Å². The Hall–Kier alpha value is -2.35. The summed E-state index contributed by atoms with van der Waals surface area (Å²) >= 11 is 11.1. The lowest BCUT2D eigenvalue weighted by molar-refractivity contribution is 0.0959. The number of amides is 1. The largest absolute Gasteiger partial charge is 0.490 e. The summed E-state index contributed by atoms with van der Waals surface area (Å²) in [6.45, 7) is 2.68. The third kappa shape index (κ3) is 5.82. The highest BCUT2D eigenvalue weighted by atomic mass is 79.9. The molecule has 3 rings (SSSR count). The van der Waals surface area contributed by atoms with E-state index in [1.165, 1.54) is 11.3 Å². The van der Waals surface area contributed by atoms with E-state index in [1.807, 2.05) is 48.7 Å². The van der Waals surface area contributed by atoms with Crippen molar-refractivity contribution in [1.29, 1.82) is 0 Å². The monoisotopic (exact) mass is 492 g/mol. The summed E-state index contributed by atoms with van der Waals surface area (Å²) in [4.78, 5) is 12.6. The van der Waals surface area contributed by atoms with Crippen LogP contribution < -0.4 is 14.9 Å². The van der Waals surface area contributed by atoms with Crippen molar-refractivity contribution in [2.45, 2.75) is 13.5 Å². The summed E-state index contributed by atoms with van der Waals surface area (Å²) < 4.78 is 12.4. The number of rotatable bonds is 8. The minimum absolute atomic E-state index is 0.250. The van der Waals surface area contributed by atoms with Crippen LogP contribution in [0, 0.1) is 0 Å². The fourth-order valence-corrected chi connectivity index (χ4v) is 3.84. The van der Waals surface area contributed by atoms with Gasteiger partial charge in [0.15, 0.2) is 11.5 Å². The highest BCUT2D eigenvalue weighted by molar-refractivity contribution is 9.10. The van der Waals surface area contributed by atoms with Crippen LogP contribution in [0.25, 0.3) is 0 Å². The molecule has 0 aliphatic heterocycles. The first kappa shape index (κ1) is 21.4. The van der Waals surface area contributed by atoms with E-state index in [0.717, 1.165) is 11.1 Å². The second-order valence-corrected chi connectivity index (χ2v) is 8.03. The van der Waals surface area contributed by atoms with Gasteiger partial charge in [0, 0.05) is 10.6 Å². The van der Waals surface area contributed by atoms with Gasteiger partial charge < -0.3 is 9.47 Å². The van der Waals surface area contributed by atoms with Crippen molar-refractivity contribution in [3.63, 3.8) is 0 Å². The maximum absolute atomic E-state index is 12.0. The molecule has 3 aromatic rings. The fraction of sp³-hybridized carbons (Fsp3) is 0.143. The van der Waals surface area contributed by atoms with E-state index >= 15 is 0 Å². The van der Waals surface area contributed by atoms with Crippen molar-refractivity contribution in [2.24, 2.45) is 5.10 Å². The van der Waals surface area contributed by atoms with Crippen LogP contribution in [0.2, 0.25) is 5.02 Å². The zero-order chi connectivity index (χ0) is 20.6. The number of nitrogens with zero attached hydrogens (tertiary/aromatic N) is 1. The average molecular weight is 494 g/mol. The molecule has 1 N–H and O–H groups in total. The zero-order valence-electron chi connectivity index (χ0n) is 15.5. The van der Waals surface area contributed by atoms with Gasteiger partial charge in [-0.3, -0.25) is 4.79 Å². The lowest BCUT2D eigenvalue weighted by Crippen LogP contribution is -2.16. The Kier molecular flexibility index (Phi) is 7.69. The molecule has 0 bridgehead atoms. The Morgan fingerprint density at radius 3 is 2.79 bits per heavy atom. The third-order valence-electron chi connectivity index (χ3n) is 3.79. The number of benzene rings is 2. The van der Waals surface area contributed by atoms with Gasteiger partial charge >= 0.3 is 0 Å². The van der Waals surface area contributed by atoms with Crippen molar-refractivity contribution >= 4 is 51.0 Å². The quantitative estimate of drug-likeness (QED) is 0.314. The van der Waals surface area contributed by atoms with Crippen molar-refractivity contribution in [2.75, 3.05) is 6.61 Å². The van der Waals surface area contributed by atoms with Crippen LogP contribution in [0.3, 0.4) is 0 Å². The van der Waals surface area contributed by atoms with E-state index in [0.29, 0.717) is 39.1 Å². The molecule has 1 heterocycles.